The van der Waals surface area contributed by atoms with Crippen molar-refractivity contribution >= 4 is 11.6 Å². The highest BCUT2D eigenvalue weighted by atomic mass is 16.5. The molecule has 3 atom stereocenters. The van der Waals surface area contributed by atoms with E-state index in [1.807, 2.05) is 50.2 Å². The van der Waals surface area contributed by atoms with Crippen LogP contribution in [0.1, 0.15) is 29.8 Å². The van der Waals surface area contributed by atoms with Crippen LogP contribution in [0.2, 0.25) is 0 Å². The first-order chi connectivity index (χ1) is 14.8. The Labute approximate surface area is 186 Å². The van der Waals surface area contributed by atoms with Crippen molar-refractivity contribution in [1.82, 2.24) is 9.80 Å². The number of amides is 1. The number of para-hydroxylation sites is 1. The summed E-state index contributed by atoms with van der Waals surface area (Å²) in [6.07, 6.45) is -0.102. The Kier molecular flexibility index (Phi) is 7.57. The van der Waals surface area contributed by atoms with Gasteiger partial charge in [0.25, 0.3) is 5.91 Å². The average molecular weight is 426 g/mol. The molecule has 1 N–H and O–H groups in total. The zero-order valence-electron chi connectivity index (χ0n) is 19.3. The number of carbonyl (C=O) groups excluding carboxylic acids is 1. The van der Waals surface area contributed by atoms with Gasteiger partial charge in [-0.3, -0.25) is 9.69 Å². The van der Waals surface area contributed by atoms with Crippen molar-refractivity contribution in [3.8, 4) is 5.75 Å². The molecule has 0 saturated carbocycles. The number of carbonyl (C=O) groups is 1. The SMILES string of the molecule is C[C@@H]1CN([C@@H](C)CO)C(=O)c2cccc(N(C)C)c2O[C@@H]1CN(C)Cc1ccccc1. The standard InChI is InChI=1S/C25H35N3O3/c1-18-14-28(19(2)17-29)25(30)21-12-9-13-22(26(3)4)24(21)31-23(18)16-27(5)15-20-10-7-6-8-11-20/h6-13,18-19,23,29H,14-17H2,1-5H3/t18-,19+,23-/m1/s1. The maximum Gasteiger partial charge on any atom is 0.258 e. The second-order valence-corrected chi connectivity index (χ2v) is 8.85. The molecule has 1 heterocycles. The lowest BCUT2D eigenvalue weighted by Gasteiger charge is -2.39. The minimum atomic E-state index is -0.258. The van der Waals surface area contributed by atoms with Crippen molar-refractivity contribution in [1.29, 1.82) is 0 Å². The number of anilines is 1. The van der Waals surface area contributed by atoms with Gasteiger partial charge in [0.2, 0.25) is 0 Å². The molecule has 0 bridgehead atoms. The maximum atomic E-state index is 13.4. The monoisotopic (exact) mass is 425 g/mol. The van der Waals surface area contributed by atoms with Gasteiger partial charge in [-0.2, -0.15) is 0 Å². The quantitative estimate of drug-likeness (QED) is 0.739. The summed E-state index contributed by atoms with van der Waals surface area (Å²) < 4.78 is 6.59. The van der Waals surface area contributed by atoms with Crippen molar-refractivity contribution in [2.45, 2.75) is 32.5 Å². The van der Waals surface area contributed by atoms with Crippen molar-refractivity contribution in [3.63, 3.8) is 0 Å². The number of ether oxygens (including phenoxy) is 1. The smallest absolute Gasteiger partial charge is 0.258 e. The first-order valence-electron chi connectivity index (χ1n) is 10.9. The van der Waals surface area contributed by atoms with E-state index in [2.05, 4.69) is 43.1 Å². The summed E-state index contributed by atoms with van der Waals surface area (Å²) >= 11 is 0. The third-order valence-corrected chi connectivity index (χ3v) is 5.94. The van der Waals surface area contributed by atoms with E-state index in [1.54, 1.807) is 4.90 Å². The molecule has 0 spiro atoms. The van der Waals surface area contributed by atoms with Gasteiger partial charge in [0.15, 0.2) is 5.75 Å². The molecule has 0 saturated heterocycles. The molecular weight excluding hydrogens is 390 g/mol. The number of fused-ring (bicyclic) bond motifs is 1. The molecule has 2 aromatic rings. The fourth-order valence-corrected chi connectivity index (χ4v) is 4.06. The molecular formula is C25H35N3O3. The van der Waals surface area contributed by atoms with Crippen LogP contribution in [0.5, 0.6) is 5.75 Å². The summed E-state index contributed by atoms with van der Waals surface area (Å²) in [6, 6.07) is 15.8. The molecule has 3 rings (SSSR count). The second-order valence-electron chi connectivity index (χ2n) is 8.85. The van der Waals surface area contributed by atoms with Gasteiger partial charge in [-0.1, -0.05) is 43.3 Å². The van der Waals surface area contributed by atoms with Gasteiger partial charge in [0, 0.05) is 39.6 Å². The zero-order chi connectivity index (χ0) is 22.5. The molecule has 168 valence electrons. The van der Waals surface area contributed by atoms with Gasteiger partial charge in [0.1, 0.15) is 6.10 Å². The first kappa shape index (κ1) is 23.1. The number of nitrogens with zero attached hydrogens (tertiary/aromatic N) is 3. The molecule has 0 aliphatic carbocycles. The Bertz CT molecular complexity index is 872. The Balaban J connectivity index is 1.94. The van der Waals surface area contributed by atoms with E-state index in [4.69, 9.17) is 4.74 Å². The molecule has 1 amide bonds. The predicted octanol–water partition coefficient (Wildman–Crippen LogP) is 3.10. The zero-order valence-corrected chi connectivity index (χ0v) is 19.3. The number of hydrogen-bond donors (Lipinski definition) is 1. The second kappa shape index (κ2) is 10.2. The highest BCUT2D eigenvalue weighted by Crippen LogP contribution is 2.36. The van der Waals surface area contributed by atoms with Gasteiger partial charge in [-0.15, -0.1) is 0 Å². The molecule has 6 heteroatoms. The van der Waals surface area contributed by atoms with Crippen LogP contribution >= 0.6 is 0 Å². The number of benzene rings is 2. The van der Waals surface area contributed by atoms with E-state index in [0.29, 0.717) is 17.9 Å². The summed E-state index contributed by atoms with van der Waals surface area (Å²) in [5.74, 6) is 0.625. The summed E-state index contributed by atoms with van der Waals surface area (Å²) in [7, 11) is 6.01. The third kappa shape index (κ3) is 5.38. The van der Waals surface area contributed by atoms with E-state index < -0.39 is 0 Å². The molecule has 6 nitrogen and oxygen atoms in total. The first-order valence-corrected chi connectivity index (χ1v) is 10.9. The molecule has 0 unspecified atom stereocenters. The Morgan fingerprint density at radius 1 is 1.13 bits per heavy atom. The van der Waals surface area contributed by atoms with E-state index in [9.17, 15) is 9.90 Å². The lowest BCUT2D eigenvalue weighted by atomic mass is 9.98. The average Bonchev–Trinajstić information content (AvgIpc) is 2.75. The fraction of sp³-hybridized carbons (Fsp3) is 0.480. The van der Waals surface area contributed by atoms with Crippen LogP contribution in [0.25, 0.3) is 0 Å². The molecule has 31 heavy (non-hydrogen) atoms. The van der Waals surface area contributed by atoms with E-state index >= 15 is 0 Å². The topological polar surface area (TPSA) is 56.3 Å². The summed E-state index contributed by atoms with van der Waals surface area (Å²) in [4.78, 5) is 19.4. The van der Waals surface area contributed by atoms with Crippen LogP contribution in [-0.4, -0.2) is 73.8 Å². The largest absolute Gasteiger partial charge is 0.486 e. The number of aliphatic hydroxyl groups excluding tert-OH is 1. The molecule has 0 radical (unpaired) electrons. The molecule has 0 fully saturated rings. The molecule has 2 aromatic carbocycles. The third-order valence-electron chi connectivity index (χ3n) is 5.94. The van der Waals surface area contributed by atoms with E-state index in [1.165, 1.54) is 5.56 Å². The number of aliphatic hydroxyl groups is 1. The highest BCUT2D eigenvalue weighted by molar-refractivity contribution is 5.99. The molecule has 1 aliphatic rings. The van der Waals surface area contributed by atoms with Crippen LogP contribution in [0.3, 0.4) is 0 Å². The minimum Gasteiger partial charge on any atom is -0.486 e. The van der Waals surface area contributed by atoms with E-state index in [0.717, 1.165) is 18.8 Å². The summed E-state index contributed by atoms with van der Waals surface area (Å²) in [5.41, 5.74) is 2.69. The van der Waals surface area contributed by atoms with Crippen LogP contribution in [-0.2, 0) is 6.54 Å². The van der Waals surface area contributed by atoms with Crippen molar-refractivity contribution < 1.29 is 14.6 Å². The predicted molar refractivity (Wildman–Crippen MR) is 125 cm³/mol. The normalized spacial score (nSPS) is 20.0. The van der Waals surface area contributed by atoms with Gasteiger partial charge in [-0.25, -0.2) is 0 Å². The molecule has 0 aromatic heterocycles. The van der Waals surface area contributed by atoms with Crippen molar-refractivity contribution in [2.75, 3.05) is 45.7 Å². The van der Waals surface area contributed by atoms with Gasteiger partial charge in [0.05, 0.1) is 23.9 Å². The lowest BCUT2D eigenvalue weighted by molar-refractivity contribution is 0.0343. The van der Waals surface area contributed by atoms with E-state index in [-0.39, 0.29) is 30.6 Å². The number of likely N-dealkylation sites (N-methyl/N-ethyl adjacent to an activating group) is 1. The lowest BCUT2D eigenvalue weighted by Crippen LogP contribution is -2.49. The van der Waals surface area contributed by atoms with Crippen LogP contribution in [0, 0.1) is 5.92 Å². The maximum absolute atomic E-state index is 13.4. The Morgan fingerprint density at radius 3 is 2.48 bits per heavy atom. The summed E-state index contributed by atoms with van der Waals surface area (Å²) in [6.45, 7) is 6.03. The number of rotatable bonds is 7. The highest BCUT2D eigenvalue weighted by Gasteiger charge is 2.34. The fourth-order valence-electron chi connectivity index (χ4n) is 4.06. The van der Waals surface area contributed by atoms with Crippen LogP contribution in [0.15, 0.2) is 48.5 Å². The van der Waals surface area contributed by atoms with Crippen molar-refractivity contribution in [2.24, 2.45) is 5.92 Å². The Hall–Kier alpha value is -2.57. The Morgan fingerprint density at radius 2 is 1.84 bits per heavy atom. The molecule has 1 aliphatic heterocycles. The minimum absolute atomic E-state index is 0.0689. The van der Waals surface area contributed by atoms with Crippen molar-refractivity contribution in [3.05, 3.63) is 59.7 Å². The summed E-state index contributed by atoms with van der Waals surface area (Å²) in [5, 5.41) is 9.78. The number of hydrogen-bond acceptors (Lipinski definition) is 5. The van der Waals surface area contributed by atoms with Crippen LogP contribution in [0.4, 0.5) is 5.69 Å². The van der Waals surface area contributed by atoms with Gasteiger partial charge in [-0.05, 0) is 31.7 Å². The van der Waals surface area contributed by atoms with Gasteiger partial charge >= 0.3 is 0 Å². The van der Waals surface area contributed by atoms with Gasteiger partial charge < -0.3 is 19.6 Å². The van der Waals surface area contributed by atoms with Crippen LogP contribution < -0.4 is 9.64 Å².